The molecule has 3 rings (SSSR count). The minimum Gasteiger partial charge on any atom is -0.206 e. The fourth-order valence-corrected chi connectivity index (χ4v) is 2.94. The molecular formula is C19H16ClF. The average Bonchev–Trinajstić information content (AvgIpc) is 2.55. The summed E-state index contributed by atoms with van der Waals surface area (Å²) < 4.78 is 13.9. The summed E-state index contributed by atoms with van der Waals surface area (Å²) in [4.78, 5) is 0. The van der Waals surface area contributed by atoms with E-state index in [-0.39, 0.29) is 11.2 Å². The van der Waals surface area contributed by atoms with Gasteiger partial charge in [0.05, 0.1) is 5.38 Å². The number of aryl methyl sites for hydroxylation is 1. The van der Waals surface area contributed by atoms with Gasteiger partial charge in [0.25, 0.3) is 0 Å². The molecule has 0 N–H and O–H groups in total. The second-order valence-corrected chi connectivity index (χ2v) is 5.58. The van der Waals surface area contributed by atoms with Crippen LogP contribution in [-0.2, 0) is 6.42 Å². The summed E-state index contributed by atoms with van der Waals surface area (Å²) in [6, 6.07) is 19.0. The van der Waals surface area contributed by atoms with Crippen molar-refractivity contribution in [2.24, 2.45) is 0 Å². The molecule has 0 spiro atoms. The second kappa shape index (κ2) is 5.87. The summed E-state index contributed by atoms with van der Waals surface area (Å²) in [7, 11) is 0. The highest BCUT2D eigenvalue weighted by atomic mass is 35.5. The maximum atomic E-state index is 13.9. The van der Waals surface area contributed by atoms with Crippen LogP contribution in [0, 0.1) is 5.82 Å². The predicted octanol–water partition coefficient (Wildman–Crippen LogP) is 5.87. The molecule has 0 nitrogen and oxygen atoms in total. The molecule has 2 heteroatoms. The molecule has 0 amide bonds. The molecule has 0 aliphatic rings. The quantitative estimate of drug-likeness (QED) is 0.530. The summed E-state index contributed by atoms with van der Waals surface area (Å²) in [5.41, 5.74) is 3.26. The van der Waals surface area contributed by atoms with Crippen LogP contribution in [0.3, 0.4) is 0 Å². The summed E-state index contributed by atoms with van der Waals surface area (Å²) in [6.45, 7) is 2.13. The molecule has 0 aromatic heterocycles. The maximum Gasteiger partial charge on any atom is 0.131 e. The van der Waals surface area contributed by atoms with Crippen LogP contribution in [0.25, 0.3) is 10.8 Å². The first-order chi connectivity index (χ1) is 10.2. The van der Waals surface area contributed by atoms with Gasteiger partial charge in [0.15, 0.2) is 0 Å². The third kappa shape index (κ3) is 2.66. The van der Waals surface area contributed by atoms with Crippen LogP contribution >= 0.6 is 11.6 Å². The number of rotatable bonds is 3. The summed E-state index contributed by atoms with van der Waals surface area (Å²) in [6.07, 6.45) is 1.01. The number of halogens is 2. The lowest BCUT2D eigenvalue weighted by atomic mass is 9.97. The van der Waals surface area contributed by atoms with Gasteiger partial charge >= 0.3 is 0 Å². The van der Waals surface area contributed by atoms with Crippen molar-refractivity contribution in [3.63, 3.8) is 0 Å². The largest absolute Gasteiger partial charge is 0.206 e. The van der Waals surface area contributed by atoms with Gasteiger partial charge in [-0.25, -0.2) is 4.39 Å². The molecule has 3 aromatic carbocycles. The Bertz CT molecular complexity index is 762. The van der Waals surface area contributed by atoms with E-state index in [0.717, 1.165) is 22.9 Å². The SMILES string of the molecule is CCc1ccc(C(Cl)c2ccc(F)c3ccccc23)cc1. The maximum absolute atomic E-state index is 13.9. The Morgan fingerprint density at radius 2 is 1.57 bits per heavy atom. The van der Waals surface area contributed by atoms with Crippen molar-refractivity contribution in [2.45, 2.75) is 18.7 Å². The molecule has 0 aliphatic heterocycles. The standard InChI is InChI=1S/C19H16ClF/c1-2-13-7-9-14(10-8-13)19(20)17-11-12-18(21)16-6-4-3-5-15(16)17/h3-12,19H,2H2,1H3. The van der Waals surface area contributed by atoms with Crippen molar-refractivity contribution >= 4 is 22.4 Å². The molecule has 0 radical (unpaired) electrons. The minimum atomic E-state index is -0.276. The molecule has 1 atom stereocenters. The lowest BCUT2D eigenvalue weighted by Crippen LogP contribution is -1.96. The smallest absolute Gasteiger partial charge is 0.131 e. The predicted molar refractivity (Wildman–Crippen MR) is 87.4 cm³/mol. The Labute approximate surface area is 129 Å². The monoisotopic (exact) mass is 298 g/mol. The Morgan fingerprint density at radius 1 is 0.905 bits per heavy atom. The zero-order chi connectivity index (χ0) is 14.8. The second-order valence-electron chi connectivity index (χ2n) is 5.14. The molecule has 0 heterocycles. The van der Waals surface area contributed by atoms with Crippen molar-refractivity contribution in [1.82, 2.24) is 0 Å². The van der Waals surface area contributed by atoms with Crippen LogP contribution in [0.1, 0.15) is 29.0 Å². The van der Waals surface area contributed by atoms with Gasteiger partial charge in [-0.2, -0.15) is 0 Å². The molecule has 0 bridgehead atoms. The Morgan fingerprint density at radius 3 is 2.24 bits per heavy atom. The first kappa shape index (κ1) is 14.1. The minimum absolute atomic E-state index is 0.209. The first-order valence-corrected chi connectivity index (χ1v) is 7.54. The summed E-state index contributed by atoms with van der Waals surface area (Å²) >= 11 is 6.64. The zero-order valence-electron chi connectivity index (χ0n) is 11.8. The van der Waals surface area contributed by atoms with Gasteiger partial charge in [-0.15, -0.1) is 11.6 Å². The molecule has 0 aliphatic carbocycles. The molecule has 21 heavy (non-hydrogen) atoms. The van der Waals surface area contributed by atoms with Crippen molar-refractivity contribution in [1.29, 1.82) is 0 Å². The molecular weight excluding hydrogens is 283 g/mol. The fourth-order valence-electron chi connectivity index (χ4n) is 2.61. The van der Waals surface area contributed by atoms with Crippen molar-refractivity contribution in [3.05, 3.63) is 83.2 Å². The summed E-state index contributed by atoms with van der Waals surface area (Å²) in [5, 5.41) is 1.21. The average molecular weight is 299 g/mol. The van der Waals surface area contributed by atoms with Crippen LogP contribution in [0.5, 0.6) is 0 Å². The van der Waals surface area contributed by atoms with Gasteiger partial charge in [0, 0.05) is 5.39 Å². The van der Waals surface area contributed by atoms with E-state index in [4.69, 9.17) is 11.6 Å². The van der Waals surface area contributed by atoms with Crippen LogP contribution < -0.4 is 0 Å². The molecule has 106 valence electrons. The van der Waals surface area contributed by atoms with Gasteiger partial charge in [-0.05, 0) is 34.6 Å². The normalized spacial score (nSPS) is 12.5. The zero-order valence-corrected chi connectivity index (χ0v) is 12.6. The Kier molecular flexibility index (Phi) is 3.94. The van der Waals surface area contributed by atoms with Gasteiger partial charge in [0.1, 0.15) is 5.82 Å². The lowest BCUT2D eigenvalue weighted by Gasteiger charge is -2.14. The Hall–Kier alpha value is -1.86. The van der Waals surface area contributed by atoms with Crippen LogP contribution in [0.4, 0.5) is 4.39 Å². The molecule has 1 unspecified atom stereocenters. The van der Waals surface area contributed by atoms with Gasteiger partial charge in [-0.1, -0.05) is 61.5 Å². The van der Waals surface area contributed by atoms with E-state index in [9.17, 15) is 4.39 Å². The highest BCUT2D eigenvalue weighted by Gasteiger charge is 2.15. The fraction of sp³-hybridized carbons (Fsp3) is 0.158. The number of fused-ring (bicyclic) bond motifs is 1. The van der Waals surface area contributed by atoms with Crippen molar-refractivity contribution in [2.75, 3.05) is 0 Å². The molecule has 0 saturated heterocycles. The van der Waals surface area contributed by atoms with Gasteiger partial charge < -0.3 is 0 Å². The topological polar surface area (TPSA) is 0 Å². The van der Waals surface area contributed by atoms with Gasteiger partial charge in [-0.3, -0.25) is 0 Å². The molecule has 0 fully saturated rings. The first-order valence-electron chi connectivity index (χ1n) is 7.10. The molecule has 0 saturated carbocycles. The Balaban J connectivity index is 2.08. The van der Waals surface area contributed by atoms with Crippen molar-refractivity contribution < 1.29 is 4.39 Å². The number of alkyl halides is 1. The van der Waals surface area contributed by atoms with E-state index < -0.39 is 0 Å². The van der Waals surface area contributed by atoms with E-state index >= 15 is 0 Å². The van der Waals surface area contributed by atoms with E-state index in [2.05, 4.69) is 31.2 Å². The highest BCUT2D eigenvalue weighted by Crippen LogP contribution is 2.34. The van der Waals surface area contributed by atoms with E-state index in [1.807, 2.05) is 18.2 Å². The lowest BCUT2D eigenvalue weighted by molar-refractivity contribution is 0.639. The van der Waals surface area contributed by atoms with Crippen LogP contribution in [-0.4, -0.2) is 0 Å². The number of benzene rings is 3. The van der Waals surface area contributed by atoms with E-state index in [1.54, 1.807) is 12.1 Å². The number of hydrogen-bond donors (Lipinski definition) is 0. The van der Waals surface area contributed by atoms with Crippen molar-refractivity contribution in [3.8, 4) is 0 Å². The number of hydrogen-bond acceptors (Lipinski definition) is 0. The van der Waals surface area contributed by atoms with Crippen LogP contribution in [0.15, 0.2) is 60.7 Å². The highest BCUT2D eigenvalue weighted by molar-refractivity contribution is 6.23. The van der Waals surface area contributed by atoms with Gasteiger partial charge in [0.2, 0.25) is 0 Å². The van der Waals surface area contributed by atoms with Crippen LogP contribution in [0.2, 0.25) is 0 Å². The summed E-state index contributed by atoms with van der Waals surface area (Å²) in [5.74, 6) is -0.209. The van der Waals surface area contributed by atoms with E-state index in [1.165, 1.54) is 11.6 Å². The third-order valence-electron chi connectivity index (χ3n) is 3.86. The molecule has 3 aromatic rings. The van der Waals surface area contributed by atoms with E-state index in [0.29, 0.717) is 5.39 Å². The third-order valence-corrected chi connectivity index (χ3v) is 4.35.